The number of ether oxygens (including phenoxy) is 1. The Morgan fingerprint density at radius 2 is 1.77 bits per heavy atom. The van der Waals surface area contributed by atoms with Crippen LogP contribution >= 0.6 is 11.8 Å². The highest BCUT2D eigenvalue weighted by molar-refractivity contribution is 7.98. The zero-order valence-electron chi connectivity index (χ0n) is 17.0. The first-order chi connectivity index (χ1) is 14.9. The Labute approximate surface area is 184 Å². The molecule has 1 aliphatic heterocycles. The lowest BCUT2D eigenvalue weighted by molar-refractivity contribution is 0.389. The van der Waals surface area contributed by atoms with Gasteiger partial charge in [0.2, 0.25) is 0 Å². The summed E-state index contributed by atoms with van der Waals surface area (Å²) in [5.41, 5.74) is 13.9. The fourth-order valence-corrected chi connectivity index (χ4v) is 4.59. The number of thioether (sulfide) groups is 1. The molecule has 7 heteroatoms. The van der Waals surface area contributed by atoms with Gasteiger partial charge in [-0.1, -0.05) is 36.4 Å². The van der Waals surface area contributed by atoms with Crippen LogP contribution in [0.15, 0.2) is 70.6 Å². The average Bonchev–Trinajstić information content (AvgIpc) is 2.78. The lowest BCUT2D eigenvalue weighted by Crippen LogP contribution is -2.56. The third-order valence-electron chi connectivity index (χ3n) is 5.51. The Bertz CT molecular complexity index is 1100. The Morgan fingerprint density at radius 3 is 2.45 bits per heavy atom. The number of nitrogens with zero attached hydrogens (tertiary/aromatic N) is 1. The molecule has 0 radical (unpaired) electrons. The first-order valence-corrected chi connectivity index (χ1v) is 10.8. The number of aliphatic imine (C=N–C) groups is 1. The van der Waals surface area contributed by atoms with Gasteiger partial charge in [-0.3, -0.25) is 4.99 Å². The monoisotopic (exact) mass is 439 g/mol. The summed E-state index contributed by atoms with van der Waals surface area (Å²) >= 11 is 1.38. The van der Waals surface area contributed by atoms with Crippen molar-refractivity contribution >= 4 is 23.7 Å². The maximum absolute atomic E-state index is 15.0. The van der Waals surface area contributed by atoms with Gasteiger partial charge in [-0.25, -0.2) is 8.78 Å². The Balaban J connectivity index is 1.61. The van der Waals surface area contributed by atoms with Gasteiger partial charge >= 0.3 is 0 Å². The van der Waals surface area contributed by atoms with E-state index in [4.69, 9.17) is 16.2 Å². The van der Waals surface area contributed by atoms with Gasteiger partial charge in [0.1, 0.15) is 17.4 Å². The van der Waals surface area contributed by atoms with Gasteiger partial charge in [0.05, 0.1) is 24.4 Å². The number of halogens is 2. The second-order valence-electron chi connectivity index (χ2n) is 7.54. The van der Waals surface area contributed by atoms with E-state index in [-0.39, 0.29) is 12.0 Å². The fraction of sp³-hybridized carbons (Fsp3) is 0.208. The molecule has 0 amide bonds. The summed E-state index contributed by atoms with van der Waals surface area (Å²) in [6.07, 6.45) is 1.42. The Hall–Kier alpha value is -2.74. The van der Waals surface area contributed by atoms with Crippen molar-refractivity contribution in [1.29, 1.82) is 0 Å². The Morgan fingerprint density at radius 1 is 1.06 bits per heavy atom. The predicted octanol–water partition coefficient (Wildman–Crippen LogP) is 4.71. The first-order valence-electron chi connectivity index (χ1n) is 9.82. The van der Waals surface area contributed by atoms with Crippen molar-refractivity contribution in [2.24, 2.45) is 16.5 Å². The molecule has 0 aromatic heterocycles. The quantitative estimate of drug-likeness (QED) is 0.546. The molecule has 160 valence electrons. The van der Waals surface area contributed by atoms with Crippen molar-refractivity contribution in [2.45, 2.75) is 28.6 Å². The molecule has 0 saturated heterocycles. The van der Waals surface area contributed by atoms with Crippen LogP contribution in [0.25, 0.3) is 0 Å². The molecule has 31 heavy (non-hydrogen) atoms. The van der Waals surface area contributed by atoms with E-state index in [9.17, 15) is 8.78 Å². The van der Waals surface area contributed by atoms with Crippen molar-refractivity contribution < 1.29 is 13.5 Å². The molecule has 0 fully saturated rings. The molecule has 4 nitrogen and oxygen atoms in total. The molecule has 3 aromatic rings. The van der Waals surface area contributed by atoms with E-state index in [0.29, 0.717) is 27.6 Å². The molecule has 0 saturated carbocycles. The third kappa shape index (κ3) is 4.35. The number of fused-ring (bicyclic) bond motifs is 1. The first kappa shape index (κ1) is 21.5. The molecule has 0 aliphatic carbocycles. The van der Waals surface area contributed by atoms with E-state index in [0.717, 1.165) is 5.56 Å². The molecule has 2 unspecified atom stereocenters. The minimum absolute atomic E-state index is 0.0842. The smallest absolute Gasteiger partial charge is 0.130 e. The summed E-state index contributed by atoms with van der Waals surface area (Å²) in [5.74, 6) is -0.0302. The molecular weight excluding hydrogens is 416 g/mol. The maximum Gasteiger partial charge on any atom is 0.130 e. The van der Waals surface area contributed by atoms with Crippen LogP contribution in [0.3, 0.4) is 0 Å². The van der Waals surface area contributed by atoms with Crippen LogP contribution in [0.1, 0.15) is 16.7 Å². The zero-order chi connectivity index (χ0) is 22.0. The lowest BCUT2D eigenvalue weighted by atomic mass is 9.77. The number of rotatable bonds is 6. The molecule has 4 rings (SSSR count). The van der Waals surface area contributed by atoms with E-state index in [2.05, 4.69) is 4.99 Å². The second kappa shape index (κ2) is 8.78. The molecule has 1 aliphatic rings. The predicted molar refractivity (Wildman–Crippen MR) is 121 cm³/mol. The molecule has 0 spiro atoms. The Kier molecular flexibility index (Phi) is 6.09. The SMILES string of the molecule is COc1ccc2c(c1)N=CC(N)C2(N)Cc1c(F)cc(SCc2ccccc2)cc1F. The summed E-state index contributed by atoms with van der Waals surface area (Å²) in [6, 6.07) is 17.0. The van der Waals surface area contributed by atoms with Crippen LogP contribution in [0.2, 0.25) is 0 Å². The summed E-state index contributed by atoms with van der Waals surface area (Å²) in [7, 11) is 1.55. The van der Waals surface area contributed by atoms with E-state index in [1.165, 1.54) is 30.1 Å². The molecule has 0 bridgehead atoms. The average molecular weight is 440 g/mol. The summed E-state index contributed by atoms with van der Waals surface area (Å²) in [4.78, 5) is 4.85. The van der Waals surface area contributed by atoms with Crippen LogP contribution in [0.5, 0.6) is 5.75 Å². The van der Waals surface area contributed by atoms with Crippen molar-refractivity contribution in [3.05, 3.63) is 89.0 Å². The van der Waals surface area contributed by atoms with Crippen LogP contribution in [-0.2, 0) is 17.7 Å². The lowest BCUT2D eigenvalue weighted by Gasteiger charge is -2.37. The van der Waals surface area contributed by atoms with Gasteiger partial charge in [-0.2, -0.15) is 0 Å². The third-order valence-corrected chi connectivity index (χ3v) is 6.55. The van der Waals surface area contributed by atoms with Crippen LogP contribution < -0.4 is 16.2 Å². The second-order valence-corrected chi connectivity index (χ2v) is 8.59. The zero-order valence-corrected chi connectivity index (χ0v) is 17.8. The molecule has 3 aromatic carbocycles. The number of nitrogens with two attached hydrogens (primary N) is 2. The van der Waals surface area contributed by atoms with Gasteiger partial charge in [-0.15, -0.1) is 11.8 Å². The van der Waals surface area contributed by atoms with E-state index in [1.807, 2.05) is 30.3 Å². The van der Waals surface area contributed by atoms with Gasteiger partial charge in [0.25, 0.3) is 0 Å². The number of hydrogen-bond donors (Lipinski definition) is 2. The minimum Gasteiger partial charge on any atom is -0.497 e. The number of methoxy groups -OCH3 is 1. The standard InChI is InChI=1S/C24H23F2N3OS/c1-30-16-7-8-19-22(9-16)29-13-23(27)24(19,28)12-18-20(25)10-17(11-21(18)26)31-14-15-5-3-2-4-6-15/h2-11,13,23H,12,14,27-28H2,1H3. The van der Waals surface area contributed by atoms with Gasteiger partial charge in [0, 0.05) is 40.5 Å². The highest BCUT2D eigenvalue weighted by Gasteiger charge is 2.39. The molecule has 4 N–H and O–H groups in total. The van der Waals surface area contributed by atoms with Crippen molar-refractivity contribution in [3.8, 4) is 5.75 Å². The van der Waals surface area contributed by atoms with Crippen LogP contribution in [0.4, 0.5) is 14.5 Å². The van der Waals surface area contributed by atoms with Crippen LogP contribution in [-0.4, -0.2) is 19.4 Å². The summed E-state index contributed by atoms with van der Waals surface area (Å²) in [6.45, 7) is 0. The molecular formula is C24H23F2N3OS. The molecule has 1 heterocycles. The summed E-state index contributed by atoms with van der Waals surface area (Å²) < 4.78 is 35.2. The highest BCUT2D eigenvalue weighted by Crippen LogP contribution is 2.39. The van der Waals surface area contributed by atoms with Gasteiger partial charge < -0.3 is 16.2 Å². The number of hydrogen-bond acceptors (Lipinski definition) is 5. The van der Waals surface area contributed by atoms with Gasteiger partial charge in [-0.05, 0) is 23.8 Å². The van der Waals surface area contributed by atoms with E-state index in [1.54, 1.807) is 25.3 Å². The normalized spacial score (nSPS) is 19.8. The van der Waals surface area contributed by atoms with Crippen molar-refractivity contribution in [2.75, 3.05) is 7.11 Å². The minimum atomic E-state index is -1.20. The maximum atomic E-state index is 15.0. The van der Waals surface area contributed by atoms with E-state index < -0.39 is 23.2 Å². The largest absolute Gasteiger partial charge is 0.497 e. The van der Waals surface area contributed by atoms with Gasteiger partial charge in [0.15, 0.2) is 0 Å². The fourth-order valence-electron chi connectivity index (χ4n) is 3.69. The highest BCUT2D eigenvalue weighted by atomic mass is 32.2. The van der Waals surface area contributed by atoms with Crippen LogP contribution in [0, 0.1) is 11.6 Å². The topological polar surface area (TPSA) is 73.6 Å². The number of benzene rings is 3. The van der Waals surface area contributed by atoms with E-state index >= 15 is 0 Å². The summed E-state index contributed by atoms with van der Waals surface area (Å²) in [5, 5.41) is 0. The van der Waals surface area contributed by atoms with Crippen molar-refractivity contribution in [3.63, 3.8) is 0 Å². The molecule has 2 atom stereocenters. The van der Waals surface area contributed by atoms with Crippen molar-refractivity contribution in [1.82, 2.24) is 0 Å².